The first kappa shape index (κ1) is 13.1. The van der Waals surface area contributed by atoms with E-state index in [1.807, 2.05) is 37.3 Å². The van der Waals surface area contributed by atoms with Gasteiger partial charge in [0.1, 0.15) is 5.69 Å². The summed E-state index contributed by atoms with van der Waals surface area (Å²) in [5.74, 6) is 0.124. The highest BCUT2D eigenvalue weighted by Crippen LogP contribution is 2.24. The van der Waals surface area contributed by atoms with Crippen LogP contribution in [0, 0.1) is 0 Å². The summed E-state index contributed by atoms with van der Waals surface area (Å²) in [4.78, 5) is 12.9. The van der Waals surface area contributed by atoms with Gasteiger partial charge in [0.05, 0.1) is 17.4 Å². The number of benzene rings is 1. The van der Waals surface area contributed by atoms with Gasteiger partial charge in [-0.2, -0.15) is 5.10 Å². The molecule has 3 rings (SSSR count). The lowest BCUT2D eigenvalue weighted by Crippen LogP contribution is -2.52. The highest BCUT2D eigenvalue weighted by Gasteiger charge is 2.36. The molecule has 1 fully saturated rings. The second kappa shape index (κ2) is 5.21. The minimum Gasteiger partial charge on any atom is -0.305 e. The van der Waals surface area contributed by atoms with Crippen molar-refractivity contribution in [2.24, 2.45) is 0 Å². The van der Waals surface area contributed by atoms with Gasteiger partial charge < -0.3 is 5.32 Å². The number of para-hydroxylation sites is 1. The quantitative estimate of drug-likeness (QED) is 0.871. The summed E-state index contributed by atoms with van der Waals surface area (Å²) >= 11 is 0. The summed E-state index contributed by atoms with van der Waals surface area (Å²) in [5.41, 5.74) is 1.10. The zero-order valence-electron chi connectivity index (χ0n) is 11.7. The first-order valence-corrected chi connectivity index (χ1v) is 7.10. The minimum absolute atomic E-state index is 0.124. The minimum atomic E-state index is -0.467. The number of carbonyl (C=O) groups excluding carboxylic acids is 1. The predicted molar refractivity (Wildman–Crippen MR) is 78.2 cm³/mol. The van der Waals surface area contributed by atoms with Crippen molar-refractivity contribution in [1.29, 1.82) is 0 Å². The fraction of sp³-hybridized carbons (Fsp3) is 0.375. The average Bonchev–Trinajstić information content (AvgIpc) is 2.97. The number of aromatic nitrogens is 2. The molecule has 0 bridgehead atoms. The first-order valence-electron chi connectivity index (χ1n) is 7.10. The van der Waals surface area contributed by atoms with Crippen molar-refractivity contribution in [3.63, 3.8) is 0 Å². The van der Waals surface area contributed by atoms with Crippen LogP contribution in [0.1, 0.15) is 36.7 Å². The van der Waals surface area contributed by atoms with Gasteiger partial charge in [-0.25, -0.2) is 4.68 Å². The van der Waals surface area contributed by atoms with Crippen LogP contribution in [0.25, 0.3) is 5.69 Å². The van der Waals surface area contributed by atoms with E-state index in [1.165, 1.54) is 0 Å². The molecule has 1 aliphatic rings. The van der Waals surface area contributed by atoms with Gasteiger partial charge in [0.15, 0.2) is 0 Å². The number of carbonyl (C=O) groups is 1. The van der Waals surface area contributed by atoms with E-state index in [1.54, 1.807) is 16.9 Å². The van der Waals surface area contributed by atoms with Gasteiger partial charge in [-0.3, -0.25) is 4.79 Å². The maximum Gasteiger partial charge on any atom is 0.200 e. The van der Waals surface area contributed by atoms with Crippen LogP contribution in [-0.4, -0.2) is 27.6 Å². The highest BCUT2D eigenvalue weighted by molar-refractivity contribution is 6.02. The van der Waals surface area contributed by atoms with E-state index in [-0.39, 0.29) is 5.78 Å². The number of hydrogen-bond donors (Lipinski definition) is 1. The van der Waals surface area contributed by atoms with Crippen LogP contribution in [0.15, 0.2) is 42.6 Å². The van der Waals surface area contributed by atoms with Crippen molar-refractivity contribution >= 4 is 5.78 Å². The summed E-state index contributed by atoms with van der Waals surface area (Å²) in [5, 5.41) is 7.67. The number of hydrogen-bond acceptors (Lipinski definition) is 3. The van der Waals surface area contributed by atoms with Crippen molar-refractivity contribution in [3.8, 4) is 5.69 Å². The zero-order valence-corrected chi connectivity index (χ0v) is 11.7. The van der Waals surface area contributed by atoms with Gasteiger partial charge in [0, 0.05) is 0 Å². The molecule has 1 N–H and O–H groups in total. The Hall–Kier alpha value is -1.94. The van der Waals surface area contributed by atoms with Crippen LogP contribution in [0.3, 0.4) is 0 Å². The number of nitrogens with one attached hydrogen (secondary N) is 1. The van der Waals surface area contributed by atoms with Crippen LogP contribution >= 0.6 is 0 Å². The molecule has 0 saturated carbocycles. The summed E-state index contributed by atoms with van der Waals surface area (Å²) in [6.07, 6.45) is 4.80. The zero-order chi connectivity index (χ0) is 14.0. The second-order valence-electron chi connectivity index (χ2n) is 5.51. The monoisotopic (exact) mass is 269 g/mol. The summed E-state index contributed by atoms with van der Waals surface area (Å²) < 4.78 is 1.73. The van der Waals surface area contributed by atoms with Gasteiger partial charge in [0.25, 0.3) is 0 Å². The van der Waals surface area contributed by atoms with Gasteiger partial charge in [0.2, 0.25) is 5.78 Å². The molecule has 1 aliphatic heterocycles. The van der Waals surface area contributed by atoms with Crippen LogP contribution in [-0.2, 0) is 0 Å². The number of nitrogens with zero attached hydrogens (tertiary/aromatic N) is 2. The van der Waals surface area contributed by atoms with E-state index in [0.717, 1.165) is 31.5 Å². The number of rotatable bonds is 3. The van der Waals surface area contributed by atoms with Crippen LogP contribution < -0.4 is 5.32 Å². The van der Waals surface area contributed by atoms with E-state index >= 15 is 0 Å². The van der Waals surface area contributed by atoms with E-state index in [0.29, 0.717) is 5.69 Å². The Morgan fingerprint density at radius 1 is 1.25 bits per heavy atom. The third kappa shape index (κ3) is 2.27. The molecule has 1 aromatic heterocycles. The third-order valence-electron chi connectivity index (χ3n) is 4.00. The highest BCUT2D eigenvalue weighted by atomic mass is 16.1. The third-order valence-corrected chi connectivity index (χ3v) is 4.00. The van der Waals surface area contributed by atoms with E-state index < -0.39 is 5.54 Å². The van der Waals surface area contributed by atoms with Crippen LogP contribution in [0.5, 0.6) is 0 Å². The van der Waals surface area contributed by atoms with Crippen molar-refractivity contribution in [3.05, 3.63) is 48.3 Å². The maximum absolute atomic E-state index is 12.9. The number of ketones is 1. The Morgan fingerprint density at radius 3 is 2.75 bits per heavy atom. The molecule has 0 radical (unpaired) electrons. The average molecular weight is 269 g/mol. The summed E-state index contributed by atoms with van der Waals surface area (Å²) in [6.45, 7) is 2.90. The van der Waals surface area contributed by atoms with E-state index in [4.69, 9.17) is 0 Å². The molecule has 104 valence electrons. The van der Waals surface area contributed by atoms with Crippen molar-refractivity contribution < 1.29 is 4.79 Å². The van der Waals surface area contributed by atoms with Gasteiger partial charge >= 0.3 is 0 Å². The molecule has 2 heterocycles. The summed E-state index contributed by atoms with van der Waals surface area (Å²) in [7, 11) is 0. The van der Waals surface area contributed by atoms with Gasteiger partial charge in [-0.15, -0.1) is 0 Å². The van der Waals surface area contributed by atoms with Gasteiger partial charge in [-0.1, -0.05) is 18.2 Å². The van der Waals surface area contributed by atoms with Crippen molar-refractivity contribution in [2.75, 3.05) is 6.54 Å². The molecule has 0 amide bonds. The molecular formula is C16H19N3O. The molecule has 4 heteroatoms. The lowest BCUT2D eigenvalue weighted by atomic mass is 9.85. The second-order valence-corrected chi connectivity index (χ2v) is 5.51. The molecule has 0 aliphatic carbocycles. The maximum atomic E-state index is 12.9. The Labute approximate surface area is 118 Å². The SMILES string of the molecule is CC1(C(=O)c2ccnn2-c2ccccc2)CCCCN1. The topological polar surface area (TPSA) is 46.9 Å². The Balaban J connectivity index is 1.95. The molecular weight excluding hydrogens is 250 g/mol. The van der Waals surface area contributed by atoms with Crippen LogP contribution in [0.2, 0.25) is 0 Å². The van der Waals surface area contributed by atoms with E-state index in [2.05, 4.69) is 10.4 Å². The molecule has 2 aromatic rings. The lowest BCUT2D eigenvalue weighted by molar-refractivity contribution is 0.0826. The Bertz CT molecular complexity index is 597. The van der Waals surface area contributed by atoms with Crippen molar-refractivity contribution in [2.45, 2.75) is 31.7 Å². The molecule has 1 atom stereocenters. The largest absolute Gasteiger partial charge is 0.305 e. The fourth-order valence-electron chi connectivity index (χ4n) is 2.78. The van der Waals surface area contributed by atoms with E-state index in [9.17, 15) is 4.79 Å². The normalized spacial score (nSPS) is 22.6. The van der Waals surface area contributed by atoms with Gasteiger partial charge in [-0.05, 0) is 50.9 Å². The molecule has 0 spiro atoms. The molecule has 1 saturated heterocycles. The smallest absolute Gasteiger partial charge is 0.200 e. The standard InChI is InChI=1S/C16H19N3O/c1-16(10-5-6-11-17-16)15(20)14-9-12-18-19(14)13-7-3-2-4-8-13/h2-4,7-9,12,17H,5-6,10-11H2,1H3. The molecule has 1 unspecified atom stereocenters. The van der Waals surface area contributed by atoms with Crippen molar-refractivity contribution in [1.82, 2.24) is 15.1 Å². The Morgan fingerprint density at radius 2 is 2.05 bits per heavy atom. The molecule has 1 aromatic carbocycles. The van der Waals surface area contributed by atoms with Crippen LogP contribution in [0.4, 0.5) is 0 Å². The molecule has 4 nitrogen and oxygen atoms in total. The lowest BCUT2D eigenvalue weighted by Gasteiger charge is -2.33. The molecule has 20 heavy (non-hydrogen) atoms. The Kier molecular flexibility index (Phi) is 3.40. The number of Topliss-reactive ketones (excluding diaryl/α,β-unsaturated/α-hetero) is 1. The summed E-state index contributed by atoms with van der Waals surface area (Å²) in [6, 6.07) is 11.6. The first-order chi connectivity index (χ1) is 9.71. The predicted octanol–water partition coefficient (Wildman–Crippen LogP) is 2.59. The fourth-order valence-corrected chi connectivity index (χ4v) is 2.78. The number of piperidine rings is 1.